The number of hydrogen-bond acceptors (Lipinski definition) is 6. The molecule has 1 N–H and O–H groups in total. The van der Waals surface area contributed by atoms with Gasteiger partial charge in [0.15, 0.2) is 0 Å². The van der Waals surface area contributed by atoms with E-state index in [-0.39, 0.29) is 30.5 Å². The number of halogens is 3. The molecule has 9 nitrogen and oxygen atoms in total. The Kier molecular flexibility index (Phi) is 7.10. The summed E-state index contributed by atoms with van der Waals surface area (Å²) < 4.78 is 45.8. The van der Waals surface area contributed by atoms with Gasteiger partial charge >= 0.3 is 6.18 Å². The smallest absolute Gasteiger partial charge is 0.379 e. The molecule has 0 bridgehead atoms. The Bertz CT molecular complexity index is 1230. The van der Waals surface area contributed by atoms with Crippen LogP contribution in [0.3, 0.4) is 0 Å². The van der Waals surface area contributed by atoms with E-state index in [4.69, 9.17) is 4.74 Å². The van der Waals surface area contributed by atoms with Gasteiger partial charge in [-0.15, -0.1) is 0 Å². The Labute approximate surface area is 199 Å². The molecule has 1 aliphatic heterocycles. The molecule has 4 heterocycles. The highest BCUT2D eigenvalue weighted by atomic mass is 19.4. The van der Waals surface area contributed by atoms with Crippen molar-refractivity contribution in [1.82, 2.24) is 24.6 Å². The topological polar surface area (TPSA) is 96.3 Å². The first kappa shape index (κ1) is 24.7. The van der Waals surface area contributed by atoms with Crippen molar-refractivity contribution in [3.63, 3.8) is 0 Å². The van der Waals surface area contributed by atoms with Gasteiger partial charge in [-0.25, -0.2) is 10.1 Å². The summed E-state index contributed by atoms with van der Waals surface area (Å²) in [5.41, 5.74) is 0.580. The molecular formula is C23H27F3N6O3. The summed E-state index contributed by atoms with van der Waals surface area (Å²) in [4.78, 5) is 32.1. The zero-order valence-electron chi connectivity index (χ0n) is 19.5. The minimum Gasteiger partial charge on any atom is -0.379 e. The summed E-state index contributed by atoms with van der Waals surface area (Å²) >= 11 is 0. The number of aromatic nitrogens is 4. The molecule has 1 amide bonds. The molecule has 0 saturated carbocycles. The first-order valence-electron chi connectivity index (χ1n) is 11.3. The van der Waals surface area contributed by atoms with Gasteiger partial charge in [0.1, 0.15) is 5.82 Å². The standard InChI is InChI=1S/C23H27F3N6O3/c1-15-13-32(18-12-28-29-22(34)21(15)18)16(2)14-35-10-5-20(33)31-8-6-30(7-9-31)19-4-3-17(11-27-19)23(24,25)26/h3-4,11-13,16H,5-10,14H2,1-2H3,(H,29,34). The van der Waals surface area contributed by atoms with E-state index < -0.39 is 11.7 Å². The lowest BCUT2D eigenvalue weighted by atomic mass is 10.2. The summed E-state index contributed by atoms with van der Waals surface area (Å²) in [5, 5.41) is 6.92. The number of ether oxygens (including phenoxy) is 1. The number of carbonyl (C=O) groups excluding carboxylic acids is 1. The van der Waals surface area contributed by atoms with E-state index in [1.807, 2.05) is 29.5 Å². The number of aryl methyl sites for hydroxylation is 1. The third kappa shape index (κ3) is 5.47. The lowest BCUT2D eigenvalue weighted by Crippen LogP contribution is -2.49. The van der Waals surface area contributed by atoms with Crippen molar-refractivity contribution in [2.24, 2.45) is 0 Å². The fourth-order valence-corrected chi connectivity index (χ4v) is 4.25. The molecular weight excluding hydrogens is 465 g/mol. The lowest BCUT2D eigenvalue weighted by molar-refractivity contribution is -0.138. The molecule has 1 atom stereocenters. The van der Waals surface area contributed by atoms with Gasteiger partial charge in [0.2, 0.25) is 5.91 Å². The maximum Gasteiger partial charge on any atom is 0.417 e. The molecule has 35 heavy (non-hydrogen) atoms. The quantitative estimate of drug-likeness (QED) is 0.510. The van der Waals surface area contributed by atoms with Gasteiger partial charge < -0.3 is 19.1 Å². The highest BCUT2D eigenvalue weighted by Gasteiger charge is 2.31. The van der Waals surface area contributed by atoms with Gasteiger partial charge in [0.05, 0.1) is 48.3 Å². The SMILES string of the molecule is Cc1cn(C(C)COCCC(=O)N2CCN(c3ccc(C(F)(F)F)cn3)CC2)c2cn[nH]c(=O)c12. The molecule has 1 saturated heterocycles. The largest absolute Gasteiger partial charge is 0.417 e. The van der Waals surface area contributed by atoms with Gasteiger partial charge in [-0.1, -0.05) is 0 Å². The predicted octanol–water partition coefficient (Wildman–Crippen LogP) is 2.76. The number of anilines is 1. The van der Waals surface area contributed by atoms with Crippen LogP contribution in [0.4, 0.5) is 19.0 Å². The monoisotopic (exact) mass is 492 g/mol. The number of rotatable bonds is 7. The average molecular weight is 493 g/mol. The third-order valence-electron chi connectivity index (χ3n) is 6.17. The van der Waals surface area contributed by atoms with Crippen LogP contribution in [0.2, 0.25) is 0 Å². The highest BCUT2D eigenvalue weighted by Crippen LogP contribution is 2.29. The second-order valence-corrected chi connectivity index (χ2v) is 8.62. The fraction of sp³-hybridized carbons (Fsp3) is 0.478. The Morgan fingerprint density at radius 2 is 1.94 bits per heavy atom. The minimum absolute atomic E-state index is 0.0318. The van der Waals surface area contributed by atoms with Crippen LogP contribution in [0.1, 0.15) is 30.5 Å². The van der Waals surface area contributed by atoms with Crippen LogP contribution < -0.4 is 10.5 Å². The molecule has 12 heteroatoms. The van der Waals surface area contributed by atoms with E-state index in [1.54, 1.807) is 11.1 Å². The van der Waals surface area contributed by atoms with Gasteiger partial charge in [-0.05, 0) is 31.5 Å². The molecule has 188 valence electrons. The normalized spacial score (nSPS) is 15.6. The van der Waals surface area contributed by atoms with Crippen LogP contribution in [0, 0.1) is 6.92 Å². The summed E-state index contributed by atoms with van der Waals surface area (Å²) in [6.45, 7) is 6.40. The molecule has 1 fully saturated rings. The molecule has 3 aromatic heterocycles. The molecule has 0 spiro atoms. The third-order valence-corrected chi connectivity index (χ3v) is 6.17. The van der Waals surface area contributed by atoms with Crippen LogP contribution in [0.25, 0.3) is 10.9 Å². The molecule has 1 unspecified atom stereocenters. The number of nitrogens with one attached hydrogen (secondary N) is 1. The van der Waals surface area contributed by atoms with E-state index in [0.29, 0.717) is 44.0 Å². The van der Waals surface area contributed by atoms with E-state index in [0.717, 1.165) is 23.3 Å². The molecule has 1 aliphatic rings. The molecule has 0 aliphatic carbocycles. The predicted molar refractivity (Wildman–Crippen MR) is 123 cm³/mol. The molecule has 3 aromatic rings. The van der Waals surface area contributed by atoms with Crippen LogP contribution in [0.5, 0.6) is 0 Å². The van der Waals surface area contributed by atoms with Crippen LogP contribution in [-0.2, 0) is 15.7 Å². The van der Waals surface area contributed by atoms with E-state index in [1.165, 1.54) is 6.07 Å². The Hall–Kier alpha value is -3.41. The number of carbonyl (C=O) groups is 1. The second kappa shape index (κ2) is 10.1. The maximum atomic E-state index is 12.7. The lowest BCUT2D eigenvalue weighted by Gasteiger charge is -2.35. The van der Waals surface area contributed by atoms with Crippen molar-refractivity contribution in [2.75, 3.05) is 44.3 Å². The molecule has 0 aromatic carbocycles. The van der Waals surface area contributed by atoms with Gasteiger partial charge in [-0.3, -0.25) is 9.59 Å². The van der Waals surface area contributed by atoms with Crippen molar-refractivity contribution in [3.8, 4) is 0 Å². The van der Waals surface area contributed by atoms with Gasteiger partial charge in [0, 0.05) is 38.6 Å². The number of piperazine rings is 1. The fourth-order valence-electron chi connectivity index (χ4n) is 4.25. The molecule has 4 rings (SSSR count). The number of hydrogen-bond donors (Lipinski definition) is 1. The summed E-state index contributed by atoms with van der Waals surface area (Å²) in [6.07, 6.45) is 0.159. The van der Waals surface area contributed by atoms with Crippen molar-refractivity contribution >= 4 is 22.6 Å². The Morgan fingerprint density at radius 3 is 2.60 bits per heavy atom. The van der Waals surface area contributed by atoms with E-state index in [2.05, 4.69) is 15.2 Å². The van der Waals surface area contributed by atoms with Crippen LogP contribution in [0.15, 0.2) is 35.5 Å². The van der Waals surface area contributed by atoms with Crippen LogP contribution in [-0.4, -0.2) is 69.9 Å². The average Bonchev–Trinajstić information content (AvgIpc) is 3.19. The highest BCUT2D eigenvalue weighted by molar-refractivity contribution is 5.82. The second-order valence-electron chi connectivity index (χ2n) is 8.62. The van der Waals surface area contributed by atoms with Crippen molar-refractivity contribution in [2.45, 2.75) is 32.5 Å². The number of pyridine rings is 1. The van der Waals surface area contributed by atoms with Crippen molar-refractivity contribution in [1.29, 1.82) is 0 Å². The number of fused-ring (bicyclic) bond motifs is 1. The number of aromatic amines is 1. The zero-order valence-corrected chi connectivity index (χ0v) is 19.5. The minimum atomic E-state index is -4.42. The first-order chi connectivity index (χ1) is 16.6. The van der Waals surface area contributed by atoms with E-state index in [9.17, 15) is 22.8 Å². The number of alkyl halides is 3. The first-order valence-corrected chi connectivity index (χ1v) is 11.3. The maximum absolute atomic E-state index is 12.7. The van der Waals surface area contributed by atoms with Gasteiger partial charge in [-0.2, -0.15) is 18.3 Å². The zero-order chi connectivity index (χ0) is 25.2. The van der Waals surface area contributed by atoms with Crippen molar-refractivity contribution < 1.29 is 22.7 Å². The summed E-state index contributed by atoms with van der Waals surface area (Å²) in [5.74, 6) is 0.433. The van der Waals surface area contributed by atoms with Gasteiger partial charge in [0.25, 0.3) is 5.56 Å². The summed E-state index contributed by atoms with van der Waals surface area (Å²) in [7, 11) is 0. The van der Waals surface area contributed by atoms with Crippen molar-refractivity contribution in [3.05, 3.63) is 52.2 Å². The van der Waals surface area contributed by atoms with E-state index >= 15 is 0 Å². The van der Waals surface area contributed by atoms with Crippen LogP contribution >= 0.6 is 0 Å². The summed E-state index contributed by atoms with van der Waals surface area (Å²) in [6, 6.07) is 2.33. The Morgan fingerprint density at radius 1 is 1.20 bits per heavy atom. The Balaban J connectivity index is 1.22. The number of amides is 1. The number of H-pyrrole nitrogens is 1. The number of nitrogens with zero attached hydrogens (tertiary/aromatic N) is 5. The molecule has 0 radical (unpaired) electrons.